The molecule has 0 bridgehead atoms. The molecule has 3 aromatic rings. The van der Waals surface area contributed by atoms with Crippen LogP contribution in [0, 0.1) is 0 Å². The Morgan fingerprint density at radius 3 is 2.58 bits per heavy atom. The van der Waals surface area contributed by atoms with Crippen molar-refractivity contribution < 1.29 is 17.9 Å². The van der Waals surface area contributed by atoms with Crippen LogP contribution < -0.4 is 9.64 Å². The first-order valence-electron chi connectivity index (χ1n) is 11.2. The number of piperazine rings is 1. The summed E-state index contributed by atoms with van der Waals surface area (Å²) in [5.41, 5.74) is 1.16. The van der Waals surface area contributed by atoms with Crippen molar-refractivity contribution >= 4 is 42.4 Å². The Kier molecular flexibility index (Phi) is 7.19. The van der Waals surface area contributed by atoms with Gasteiger partial charge in [0.2, 0.25) is 0 Å². The van der Waals surface area contributed by atoms with Crippen LogP contribution in [0.4, 0.5) is 5.13 Å². The highest BCUT2D eigenvalue weighted by Gasteiger charge is 2.25. The fourth-order valence-corrected chi connectivity index (χ4v) is 5.83. The first-order valence-corrected chi connectivity index (χ1v) is 13.9. The van der Waals surface area contributed by atoms with Crippen LogP contribution in [-0.4, -0.2) is 63.3 Å². The summed E-state index contributed by atoms with van der Waals surface area (Å²) >= 11 is 1.48. The molecule has 2 aromatic carbocycles. The maximum atomic E-state index is 13.0. The largest absolute Gasteiger partial charge is 0.494 e. The molecular weight excluding hydrogens is 458 g/mol. The number of carbonyl (C=O) groups is 1. The van der Waals surface area contributed by atoms with E-state index < -0.39 is 9.84 Å². The number of rotatable bonds is 8. The van der Waals surface area contributed by atoms with Gasteiger partial charge in [0, 0.05) is 38.0 Å². The van der Waals surface area contributed by atoms with Crippen molar-refractivity contribution in [2.45, 2.75) is 31.1 Å². The van der Waals surface area contributed by atoms with Crippen LogP contribution in [0.2, 0.25) is 0 Å². The van der Waals surface area contributed by atoms with Crippen LogP contribution in [0.5, 0.6) is 5.75 Å². The summed E-state index contributed by atoms with van der Waals surface area (Å²) in [6.07, 6.45) is 4.49. The van der Waals surface area contributed by atoms with Crippen LogP contribution in [-0.2, 0) is 9.84 Å². The van der Waals surface area contributed by atoms with E-state index in [1.165, 1.54) is 17.6 Å². The smallest absolute Gasteiger partial charge is 0.254 e. The summed E-state index contributed by atoms with van der Waals surface area (Å²) in [5.74, 6) is 0.726. The van der Waals surface area contributed by atoms with E-state index in [1.54, 1.807) is 12.1 Å². The number of amides is 1. The van der Waals surface area contributed by atoms with E-state index in [4.69, 9.17) is 4.74 Å². The Labute approximate surface area is 198 Å². The standard InChI is InChI=1S/C24H29N3O4S2/c1-3-4-5-16-31-19-9-6-8-18(17-19)23(28)26-12-14-27(15-13-26)24-25-22-20(32-24)10-7-11-21(22)33(2,29)30/h6-11,17H,3-5,12-16H2,1-2H3. The average molecular weight is 488 g/mol. The average Bonchev–Trinajstić information content (AvgIpc) is 3.25. The van der Waals surface area contributed by atoms with Gasteiger partial charge in [-0.3, -0.25) is 4.79 Å². The third kappa shape index (κ3) is 5.47. The van der Waals surface area contributed by atoms with Gasteiger partial charge in [0.25, 0.3) is 5.91 Å². The number of unbranched alkanes of at least 4 members (excludes halogenated alkanes) is 2. The lowest BCUT2D eigenvalue weighted by atomic mass is 10.1. The molecule has 1 amide bonds. The zero-order chi connectivity index (χ0) is 23.4. The van der Waals surface area contributed by atoms with Gasteiger partial charge in [-0.15, -0.1) is 0 Å². The number of benzene rings is 2. The topological polar surface area (TPSA) is 79.8 Å². The summed E-state index contributed by atoms with van der Waals surface area (Å²) in [7, 11) is -3.35. The highest BCUT2D eigenvalue weighted by molar-refractivity contribution is 7.91. The maximum Gasteiger partial charge on any atom is 0.254 e. The number of nitrogens with zero attached hydrogens (tertiary/aromatic N) is 3. The van der Waals surface area contributed by atoms with E-state index in [-0.39, 0.29) is 10.8 Å². The number of sulfone groups is 1. The highest BCUT2D eigenvalue weighted by Crippen LogP contribution is 2.33. The van der Waals surface area contributed by atoms with E-state index in [0.717, 1.165) is 34.8 Å². The third-order valence-corrected chi connectivity index (χ3v) is 7.91. The number of ether oxygens (including phenoxy) is 1. The first-order chi connectivity index (χ1) is 15.9. The minimum Gasteiger partial charge on any atom is -0.494 e. The molecule has 9 heteroatoms. The number of fused-ring (bicyclic) bond motifs is 1. The number of anilines is 1. The van der Waals surface area contributed by atoms with E-state index in [1.807, 2.05) is 35.2 Å². The predicted molar refractivity (Wildman–Crippen MR) is 132 cm³/mol. The Morgan fingerprint density at radius 1 is 1.09 bits per heavy atom. The zero-order valence-corrected chi connectivity index (χ0v) is 20.6. The van der Waals surface area contributed by atoms with Crippen molar-refractivity contribution in [2.75, 3.05) is 43.9 Å². The lowest BCUT2D eigenvalue weighted by molar-refractivity contribution is 0.0746. The van der Waals surface area contributed by atoms with Crippen LogP contribution in [0.15, 0.2) is 47.4 Å². The first kappa shape index (κ1) is 23.5. The van der Waals surface area contributed by atoms with Gasteiger partial charge in [0.1, 0.15) is 11.3 Å². The molecule has 0 radical (unpaired) electrons. The zero-order valence-electron chi connectivity index (χ0n) is 19.0. The second-order valence-corrected chi connectivity index (χ2v) is 11.2. The van der Waals surface area contributed by atoms with Crippen molar-refractivity contribution in [1.29, 1.82) is 0 Å². The Morgan fingerprint density at radius 2 is 1.85 bits per heavy atom. The molecule has 7 nitrogen and oxygen atoms in total. The molecule has 0 unspecified atom stereocenters. The molecule has 2 heterocycles. The van der Waals surface area contributed by atoms with Crippen molar-refractivity contribution in [3.8, 4) is 5.75 Å². The maximum absolute atomic E-state index is 13.0. The van der Waals surface area contributed by atoms with E-state index >= 15 is 0 Å². The molecular formula is C24H29N3O4S2. The second-order valence-electron chi connectivity index (χ2n) is 8.23. The molecule has 0 N–H and O–H groups in total. The Balaban J connectivity index is 1.40. The molecule has 4 rings (SSSR count). The molecule has 0 spiro atoms. The number of aromatic nitrogens is 1. The van der Waals surface area contributed by atoms with Crippen LogP contribution in [0.1, 0.15) is 36.5 Å². The van der Waals surface area contributed by atoms with E-state index in [9.17, 15) is 13.2 Å². The molecule has 0 atom stereocenters. The molecule has 1 aliphatic heterocycles. The number of hydrogen-bond acceptors (Lipinski definition) is 7. The fourth-order valence-electron chi connectivity index (χ4n) is 3.89. The van der Waals surface area contributed by atoms with Crippen molar-refractivity contribution in [3.05, 3.63) is 48.0 Å². The lowest BCUT2D eigenvalue weighted by Gasteiger charge is -2.34. The second kappa shape index (κ2) is 10.1. The Bertz CT molecular complexity index is 1230. The molecule has 0 aliphatic carbocycles. The summed E-state index contributed by atoms with van der Waals surface area (Å²) in [6.45, 7) is 5.26. The van der Waals surface area contributed by atoms with Crippen LogP contribution in [0.3, 0.4) is 0 Å². The molecule has 33 heavy (non-hydrogen) atoms. The molecule has 1 aliphatic rings. The lowest BCUT2D eigenvalue weighted by Crippen LogP contribution is -2.48. The molecule has 0 saturated carbocycles. The van der Waals surface area contributed by atoms with Gasteiger partial charge >= 0.3 is 0 Å². The SMILES string of the molecule is CCCCCOc1cccc(C(=O)N2CCN(c3nc4c(S(C)(=O)=O)cccc4s3)CC2)c1. The van der Waals surface area contributed by atoms with Gasteiger partial charge in [0.15, 0.2) is 15.0 Å². The fraction of sp³-hybridized carbons (Fsp3) is 0.417. The van der Waals surface area contributed by atoms with Gasteiger partial charge < -0.3 is 14.5 Å². The van der Waals surface area contributed by atoms with Crippen molar-refractivity contribution in [2.24, 2.45) is 0 Å². The normalized spacial score (nSPS) is 14.6. The van der Waals surface area contributed by atoms with E-state index in [2.05, 4.69) is 16.8 Å². The van der Waals surface area contributed by atoms with Gasteiger partial charge in [-0.1, -0.05) is 43.2 Å². The van der Waals surface area contributed by atoms with Crippen molar-refractivity contribution in [1.82, 2.24) is 9.88 Å². The summed E-state index contributed by atoms with van der Waals surface area (Å²) in [5, 5.41) is 0.788. The molecule has 1 fully saturated rings. The number of para-hydroxylation sites is 1. The molecule has 1 saturated heterocycles. The third-order valence-electron chi connectivity index (χ3n) is 5.71. The Hall–Kier alpha value is -2.65. The quantitative estimate of drug-likeness (QED) is 0.443. The predicted octanol–water partition coefficient (Wildman–Crippen LogP) is 4.23. The summed E-state index contributed by atoms with van der Waals surface area (Å²) < 4.78 is 30.8. The highest BCUT2D eigenvalue weighted by atomic mass is 32.2. The van der Waals surface area contributed by atoms with Crippen LogP contribution >= 0.6 is 11.3 Å². The molecule has 1 aromatic heterocycles. The van der Waals surface area contributed by atoms with Gasteiger partial charge in [-0.2, -0.15) is 0 Å². The minimum atomic E-state index is -3.35. The van der Waals surface area contributed by atoms with Crippen LogP contribution in [0.25, 0.3) is 10.2 Å². The van der Waals surface area contributed by atoms with Gasteiger partial charge in [0.05, 0.1) is 16.2 Å². The summed E-state index contributed by atoms with van der Waals surface area (Å²) in [6, 6.07) is 12.6. The van der Waals surface area contributed by atoms with Gasteiger partial charge in [-0.25, -0.2) is 13.4 Å². The monoisotopic (exact) mass is 487 g/mol. The van der Waals surface area contributed by atoms with E-state index in [0.29, 0.717) is 43.9 Å². The van der Waals surface area contributed by atoms with Crippen molar-refractivity contribution in [3.63, 3.8) is 0 Å². The minimum absolute atomic E-state index is 0.00248. The van der Waals surface area contributed by atoms with Gasteiger partial charge in [-0.05, 0) is 36.8 Å². The number of carbonyl (C=O) groups excluding carboxylic acids is 1. The summed E-state index contributed by atoms with van der Waals surface area (Å²) in [4.78, 5) is 21.9. The number of hydrogen-bond donors (Lipinski definition) is 0. The molecule has 176 valence electrons. The number of thiazole rings is 1.